The van der Waals surface area contributed by atoms with Crippen LogP contribution in [-0.2, 0) is 6.54 Å². The van der Waals surface area contributed by atoms with Crippen molar-refractivity contribution in [1.82, 2.24) is 10.2 Å². The largest absolute Gasteiger partial charge is 0.390 e. The van der Waals surface area contributed by atoms with Gasteiger partial charge in [-0.15, -0.1) is 12.4 Å². The molecule has 19 heavy (non-hydrogen) atoms. The van der Waals surface area contributed by atoms with E-state index in [1.165, 1.54) is 0 Å². The number of halogens is 4. The zero-order valence-corrected chi connectivity index (χ0v) is 11.3. The van der Waals surface area contributed by atoms with Gasteiger partial charge in [0.15, 0.2) is 0 Å². The van der Waals surface area contributed by atoms with Crippen LogP contribution < -0.4 is 5.32 Å². The summed E-state index contributed by atoms with van der Waals surface area (Å²) >= 11 is 0. The van der Waals surface area contributed by atoms with Crippen LogP contribution in [0.25, 0.3) is 0 Å². The molecule has 0 spiro atoms. The van der Waals surface area contributed by atoms with Crippen molar-refractivity contribution in [3.63, 3.8) is 0 Å². The topological polar surface area (TPSA) is 15.3 Å². The summed E-state index contributed by atoms with van der Waals surface area (Å²) in [4.78, 5) is 1.92. The molecule has 1 N–H and O–H groups in total. The molecular formula is C13H18ClF3N2. The number of hydrogen-bond donors (Lipinski definition) is 1. The minimum Gasteiger partial charge on any atom is -0.314 e. The Morgan fingerprint density at radius 1 is 1.21 bits per heavy atom. The van der Waals surface area contributed by atoms with Crippen LogP contribution in [0, 0.1) is 0 Å². The van der Waals surface area contributed by atoms with E-state index in [0.29, 0.717) is 19.6 Å². The molecule has 2 nitrogen and oxygen atoms in total. The van der Waals surface area contributed by atoms with Gasteiger partial charge in [-0.3, -0.25) is 4.90 Å². The lowest BCUT2D eigenvalue weighted by Crippen LogP contribution is -2.52. The second-order valence-electron chi connectivity index (χ2n) is 4.63. The van der Waals surface area contributed by atoms with Crippen LogP contribution in [0.3, 0.4) is 0 Å². The summed E-state index contributed by atoms with van der Waals surface area (Å²) in [5.41, 5.74) is 1.06. The van der Waals surface area contributed by atoms with Crippen LogP contribution in [0.2, 0.25) is 0 Å². The molecule has 1 saturated heterocycles. The highest BCUT2D eigenvalue weighted by Gasteiger charge is 2.35. The summed E-state index contributed by atoms with van der Waals surface area (Å²) in [5, 5.41) is 3.03. The van der Waals surface area contributed by atoms with E-state index in [2.05, 4.69) is 5.32 Å². The molecule has 1 fully saturated rings. The average molecular weight is 295 g/mol. The third-order valence-electron chi connectivity index (χ3n) is 3.17. The quantitative estimate of drug-likeness (QED) is 0.922. The molecule has 0 unspecified atom stereocenters. The van der Waals surface area contributed by atoms with E-state index < -0.39 is 18.6 Å². The SMILES string of the molecule is Cl.FC(F)(F)C[C@@H]1CNCCN1Cc1ccccc1. The first-order valence-corrected chi connectivity index (χ1v) is 6.10. The molecule has 2 rings (SSSR count). The molecule has 0 bridgehead atoms. The molecule has 1 aromatic carbocycles. The fourth-order valence-electron chi connectivity index (χ4n) is 2.30. The highest BCUT2D eigenvalue weighted by molar-refractivity contribution is 5.85. The zero-order valence-electron chi connectivity index (χ0n) is 10.5. The first-order valence-electron chi connectivity index (χ1n) is 6.10. The maximum atomic E-state index is 12.5. The van der Waals surface area contributed by atoms with E-state index in [4.69, 9.17) is 0 Å². The highest BCUT2D eigenvalue weighted by atomic mass is 35.5. The Bertz CT molecular complexity index is 370. The molecule has 0 saturated carbocycles. The zero-order chi connectivity index (χ0) is 13.0. The van der Waals surface area contributed by atoms with Crippen LogP contribution in [0.15, 0.2) is 30.3 Å². The van der Waals surface area contributed by atoms with Gasteiger partial charge in [0.25, 0.3) is 0 Å². The smallest absolute Gasteiger partial charge is 0.314 e. The van der Waals surface area contributed by atoms with Crippen LogP contribution in [-0.4, -0.2) is 36.8 Å². The second kappa shape index (κ2) is 7.12. The third-order valence-corrected chi connectivity index (χ3v) is 3.17. The summed E-state index contributed by atoms with van der Waals surface area (Å²) in [5.74, 6) is 0. The lowest BCUT2D eigenvalue weighted by Gasteiger charge is -2.36. The Kier molecular flexibility index (Phi) is 6.10. The molecule has 0 aliphatic carbocycles. The van der Waals surface area contributed by atoms with Crippen molar-refractivity contribution in [2.45, 2.75) is 25.2 Å². The Labute approximate surface area is 117 Å². The fourth-order valence-corrected chi connectivity index (χ4v) is 2.30. The van der Waals surface area contributed by atoms with Crippen LogP contribution in [0.4, 0.5) is 13.2 Å². The van der Waals surface area contributed by atoms with Gasteiger partial charge in [-0.1, -0.05) is 30.3 Å². The molecule has 1 heterocycles. The molecular weight excluding hydrogens is 277 g/mol. The van der Waals surface area contributed by atoms with E-state index in [1.54, 1.807) is 0 Å². The Balaban J connectivity index is 0.00000180. The minimum atomic E-state index is -4.10. The van der Waals surface area contributed by atoms with Gasteiger partial charge in [-0.05, 0) is 5.56 Å². The van der Waals surface area contributed by atoms with Gasteiger partial charge in [-0.25, -0.2) is 0 Å². The molecule has 0 aromatic heterocycles. The van der Waals surface area contributed by atoms with E-state index in [9.17, 15) is 13.2 Å². The first kappa shape index (κ1) is 16.3. The standard InChI is InChI=1S/C13H17F3N2.ClH/c14-13(15,16)8-12-9-17-6-7-18(12)10-11-4-2-1-3-5-11;/h1-5,12,17H,6-10H2;1H/t12-;/m1./s1. The molecule has 1 aromatic rings. The van der Waals surface area contributed by atoms with Crippen molar-refractivity contribution >= 4 is 12.4 Å². The number of piperazine rings is 1. The van der Waals surface area contributed by atoms with Crippen molar-refractivity contribution < 1.29 is 13.2 Å². The molecule has 6 heteroatoms. The highest BCUT2D eigenvalue weighted by Crippen LogP contribution is 2.25. The molecule has 108 valence electrons. The summed E-state index contributed by atoms with van der Waals surface area (Å²) in [7, 11) is 0. The minimum absolute atomic E-state index is 0. The molecule has 1 atom stereocenters. The maximum absolute atomic E-state index is 12.5. The number of hydrogen-bond acceptors (Lipinski definition) is 2. The van der Waals surface area contributed by atoms with Gasteiger partial charge in [-0.2, -0.15) is 13.2 Å². The monoisotopic (exact) mass is 294 g/mol. The molecule has 0 radical (unpaired) electrons. The van der Waals surface area contributed by atoms with Crippen molar-refractivity contribution in [2.24, 2.45) is 0 Å². The van der Waals surface area contributed by atoms with Crippen LogP contribution >= 0.6 is 12.4 Å². The number of benzene rings is 1. The van der Waals surface area contributed by atoms with E-state index in [-0.39, 0.29) is 12.4 Å². The molecule has 1 aliphatic rings. The number of nitrogens with one attached hydrogen (secondary N) is 1. The Morgan fingerprint density at radius 2 is 1.89 bits per heavy atom. The predicted molar refractivity (Wildman–Crippen MR) is 71.4 cm³/mol. The molecule has 0 amide bonds. The Hall–Kier alpha value is -0.780. The van der Waals surface area contributed by atoms with Gasteiger partial charge in [0.1, 0.15) is 0 Å². The van der Waals surface area contributed by atoms with Crippen molar-refractivity contribution in [1.29, 1.82) is 0 Å². The first-order chi connectivity index (χ1) is 8.54. The predicted octanol–water partition coefficient (Wildman–Crippen LogP) is 2.83. The van der Waals surface area contributed by atoms with Crippen molar-refractivity contribution in [2.75, 3.05) is 19.6 Å². The average Bonchev–Trinajstić information content (AvgIpc) is 2.31. The summed E-state index contributed by atoms with van der Waals surface area (Å²) < 4.78 is 37.5. The van der Waals surface area contributed by atoms with Crippen molar-refractivity contribution in [3.05, 3.63) is 35.9 Å². The summed E-state index contributed by atoms with van der Waals surface area (Å²) in [6.07, 6.45) is -4.84. The third kappa shape index (κ3) is 5.38. The summed E-state index contributed by atoms with van der Waals surface area (Å²) in [6.45, 7) is 2.41. The lowest BCUT2D eigenvalue weighted by atomic mass is 10.1. The van der Waals surface area contributed by atoms with Crippen molar-refractivity contribution in [3.8, 4) is 0 Å². The van der Waals surface area contributed by atoms with Crippen LogP contribution in [0.1, 0.15) is 12.0 Å². The number of rotatable bonds is 3. The van der Waals surface area contributed by atoms with Gasteiger partial charge in [0, 0.05) is 32.2 Å². The van der Waals surface area contributed by atoms with Crippen LogP contribution in [0.5, 0.6) is 0 Å². The number of nitrogens with zero attached hydrogens (tertiary/aromatic N) is 1. The summed E-state index contributed by atoms with van der Waals surface area (Å²) in [6, 6.07) is 9.18. The fraction of sp³-hybridized carbons (Fsp3) is 0.538. The lowest BCUT2D eigenvalue weighted by molar-refractivity contribution is -0.149. The van der Waals surface area contributed by atoms with Gasteiger partial charge in [0.05, 0.1) is 6.42 Å². The molecule has 1 aliphatic heterocycles. The van der Waals surface area contributed by atoms with E-state index >= 15 is 0 Å². The van der Waals surface area contributed by atoms with Gasteiger partial charge in [0.2, 0.25) is 0 Å². The van der Waals surface area contributed by atoms with E-state index in [1.807, 2.05) is 35.2 Å². The number of alkyl halides is 3. The second-order valence-corrected chi connectivity index (χ2v) is 4.63. The van der Waals surface area contributed by atoms with E-state index in [0.717, 1.165) is 12.1 Å². The Morgan fingerprint density at radius 3 is 2.53 bits per heavy atom. The van der Waals surface area contributed by atoms with Gasteiger partial charge >= 0.3 is 6.18 Å². The normalized spacial score (nSPS) is 20.9. The maximum Gasteiger partial charge on any atom is 0.390 e. The van der Waals surface area contributed by atoms with Gasteiger partial charge < -0.3 is 5.32 Å².